The van der Waals surface area contributed by atoms with Crippen LogP contribution in [-0.2, 0) is 13.1 Å². The zero-order chi connectivity index (χ0) is 8.55. The molecule has 2 nitrogen and oxygen atoms in total. The third kappa shape index (κ3) is 1.76. The van der Waals surface area contributed by atoms with Gasteiger partial charge in [-0.15, -0.1) is 12.4 Å². The third-order valence-electron chi connectivity index (χ3n) is 2.10. The van der Waals surface area contributed by atoms with Crippen molar-refractivity contribution in [3.05, 3.63) is 29.1 Å². The molecule has 0 amide bonds. The Morgan fingerprint density at radius 2 is 1.92 bits per heavy atom. The van der Waals surface area contributed by atoms with Crippen LogP contribution in [0.3, 0.4) is 0 Å². The Bertz CT molecular complexity index is 316. The topological polar surface area (TPSA) is 21.3 Å². The molecule has 72 valence electrons. The molecule has 13 heavy (non-hydrogen) atoms. The Hall–Kier alpha value is -0.800. The second-order valence-electron chi connectivity index (χ2n) is 2.86. The molecule has 1 heterocycles. The minimum Gasteiger partial charge on any atom is -0.494 e. The summed E-state index contributed by atoms with van der Waals surface area (Å²) in [5.41, 5.74) is 2.17. The highest BCUT2D eigenvalue weighted by atomic mass is 35.5. The molecule has 0 aromatic heterocycles. The van der Waals surface area contributed by atoms with Crippen molar-refractivity contribution in [2.45, 2.75) is 13.1 Å². The lowest BCUT2D eigenvalue weighted by molar-refractivity contribution is 0.386. The van der Waals surface area contributed by atoms with Gasteiger partial charge in [0.05, 0.1) is 7.11 Å². The van der Waals surface area contributed by atoms with Gasteiger partial charge in [0.25, 0.3) is 0 Å². The zero-order valence-electron chi connectivity index (χ0n) is 7.26. The Morgan fingerprint density at radius 3 is 2.54 bits per heavy atom. The largest absolute Gasteiger partial charge is 0.494 e. The van der Waals surface area contributed by atoms with E-state index in [-0.39, 0.29) is 18.2 Å². The van der Waals surface area contributed by atoms with Gasteiger partial charge in [-0.1, -0.05) is 0 Å². The summed E-state index contributed by atoms with van der Waals surface area (Å²) >= 11 is 0. The number of halogens is 2. The maximum absolute atomic E-state index is 13.1. The number of nitrogens with one attached hydrogen (secondary N) is 1. The fraction of sp³-hybridized carbons (Fsp3) is 0.333. The second-order valence-corrected chi connectivity index (χ2v) is 2.86. The Kier molecular flexibility index (Phi) is 3.12. The lowest BCUT2D eigenvalue weighted by atomic mass is 10.1. The van der Waals surface area contributed by atoms with Gasteiger partial charge >= 0.3 is 0 Å². The lowest BCUT2D eigenvalue weighted by Crippen LogP contribution is -1.99. The van der Waals surface area contributed by atoms with Gasteiger partial charge in [-0.3, -0.25) is 0 Å². The predicted octanol–water partition coefficient (Wildman–Crippen LogP) is 1.86. The smallest absolute Gasteiger partial charge is 0.165 e. The van der Waals surface area contributed by atoms with E-state index in [2.05, 4.69) is 5.32 Å². The summed E-state index contributed by atoms with van der Waals surface area (Å²) in [5, 5.41) is 3.14. The molecule has 0 spiro atoms. The first-order valence-electron chi connectivity index (χ1n) is 3.87. The molecule has 0 atom stereocenters. The van der Waals surface area contributed by atoms with Crippen LogP contribution in [0.2, 0.25) is 0 Å². The van der Waals surface area contributed by atoms with Crippen molar-refractivity contribution in [1.82, 2.24) is 5.32 Å². The van der Waals surface area contributed by atoms with Gasteiger partial charge in [0, 0.05) is 13.1 Å². The van der Waals surface area contributed by atoms with Crippen molar-refractivity contribution in [2.24, 2.45) is 0 Å². The first kappa shape index (κ1) is 10.3. The molecule has 2 rings (SSSR count). The summed E-state index contributed by atoms with van der Waals surface area (Å²) in [4.78, 5) is 0. The number of ether oxygens (including phenoxy) is 1. The Balaban J connectivity index is 0.000000845. The number of hydrogen-bond acceptors (Lipinski definition) is 2. The van der Waals surface area contributed by atoms with Crippen LogP contribution in [0, 0.1) is 5.82 Å². The van der Waals surface area contributed by atoms with E-state index in [0.29, 0.717) is 5.75 Å². The van der Waals surface area contributed by atoms with E-state index in [0.717, 1.165) is 24.2 Å². The number of hydrogen-bond donors (Lipinski definition) is 1. The van der Waals surface area contributed by atoms with Crippen molar-refractivity contribution in [3.8, 4) is 5.75 Å². The molecular formula is C9H11ClFNO. The van der Waals surface area contributed by atoms with Gasteiger partial charge in [0.1, 0.15) is 0 Å². The molecule has 0 fully saturated rings. The maximum Gasteiger partial charge on any atom is 0.165 e. The lowest BCUT2D eigenvalue weighted by Gasteiger charge is -2.03. The van der Waals surface area contributed by atoms with Crippen LogP contribution in [0.25, 0.3) is 0 Å². The summed E-state index contributed by atoms with van der Waals surface area (Å²) in [7, 11) is 1.48. The van der Waals surface area contributed by atoms with Crippen molar-refractivity contribution >= 4 is 12.4 Å². The predicted molar refractivity (Wildman–Crippen MR) is 50.7 cm³/mol. The number of fused-ring (bicyclic) bond motifs is 1. The van der Waals surface area contributed by atoms with E-state index < -0.39 is 0 Å². The Labute approximate surface area is 82.5 Å². The monoisotopic (exact) mass is 203 g/mol. The summed E-state index contributed by atoms with van der Waals surface area (Å²) < 4.78 is 18.0. The highest BCUT2D eigenvalue weighted by Crippen LogP contribution is 2.24. The minimum atomic E-state index is -0.278. The maximum atomic E-state index is 13.1. The summed E-state index contributed by atoms with van der Waals surface area (Å²) in [6.45, 7) is 1.57. The molecule has 0 aliphatic carbocycles. The highest BCUT2D eigenvalue weighted by Gasteiger charge is 2.13. The SMILES string of the molecule is COc1cc2c(cc1F)CNC2.Cl. The fourth-order valence-corrected chi connectivity index (χ4v) is 1.45. The minimum absolute atomic E-state index is 0. The molecule has 1 aromatic rings. The van der Waals surface area contributed by atoms with Crippen LogP contribution in [-0.4, -0.2) is 7.11 Å². The molecule has 0 radical (unpaired) electrons. The summed E-state index contributed by atoms with van der Waals surface area (Å²) in [6.07, 6.45) is 0. The standard InChI is InChI=1S/C9H10FNO.ClH/c1-12-9-3-7-5-11-4-6(7)2-8(9)10;/h2-3,11H,4-5H2,1H3;1H. The Morgan fingerprint density at radius 1 is 1.31 bits per heavy atom. The van der Waals surface area contributed by atoms with Crippen LogP contribution in [0.15, 0.2) is 12.1 Å². The number of rotatable bonds is 1. The molecule has 0 saturated heterocycles. The molecular weight excluding hydrogens is 193 g/mol. The molecule has 1 N–H and O–H groups in total. The first-order valence-corrected chi connectivity index (χ1v) is 3.87. The van der Waals surface area contributed by atoms with Crippen LogP contribution < -0.4 is 10.1 Å². The third-order valence-corrected chi connectivity index (χ3v) is 2.10. The summed E-state index contributed by atoms with van der Waals surface area (Å²) in [6, 6.07) is 3.29. The van der Waals surface area contributed by atoms with Crippen LogP contribution in [0.5, 0.6) is 5.75 Å². The number of methoxy groups -OCH3 is 1. The fourth-order valence-electron chi connectivity index (χ4n) is 1.45. The number of benzene rings is 1. The first-order chi connectivity index (χ1) is 5.81. The van der Waals surface area contributed by atoms with Gasteiger partial charge in [-0.2, -0.15) is 0 Å². The van der Waals surface area contributed by atoms with Gasteiger partial charge in [0.2, 0.25) is 0 Å². The van der Waals surface area contributed by atoms with E-state index in [4.69, 9.17) is 4.74 Å². The zero-order valence-corrected chi connectivity index (χ0v) is 8.08. The van der Waals surface area contributed by atoms with E-state index >= 15 is 0 Å². The van der Waals surface area contributed by atoms with E-state index in [9.17, 15) is 4.39 Å². The average Bonchev–Trinajstić information content (AvgIpc) is 2.49. The van der Waals surface area contributed by atoms with E-state index in [1.54, 1.807) is 6.07 Å². The molecule has 0 saturated carbocycles. The molecule has 1 aliphatic rings. The summed E-state index contributed by atoms with van der Waals surface area (Å²) in [5.74, 6) is 0.0531. The normalized spacial score (nSPS) is 13.4. The molecule has 1 aromatic carbocycles. The van der Waals surface area contributed by atoms with Crippen LogP contribution in [0.1, 0.15) is 11.1 Å². The quantitative estimate of drug-likeness (QED) is 0.753. The van der Waals surface area contributed by atoms with Crippen LogP contribution in [0.4, 0.5) is 4.39 Å². The molecule has 0 bridgehead atoms. The van der Waals surface area contributed by atoms with Crippen molar-refractivity contribution < 1.29 is 9.13 Å². The second kappa shape index (κ2) is 3.94. The molecule has 1 aliphatic heterocycles. The van der Waals surface area contributed by atoms with Crippen molar-refractivity contribution in [3.63, 3.8) is 0 Å². The van der Waals surface area contributed by atoms with Crippen LogP contribution >= 0.6 is 12.4 Å². The van der Waals surface area contributed by atoms with Gasteiger partial charge < -0.3 is 10.1 Å². The van der Waals surface area contributed by atoms with Crippen molar-refractivity contribution in [1.29, 1.82) is 0 Å². The molecule has 0 unspecified atom stereocenters. The van der Waals surface area contributed by atoms with Crippen molar-refractivity contribution in [2.75, 3.05) is 7.11 Å². The molecule has 4 heteroatoms. The van der Waals surface area contributed by atoms with Gasteiger partial charge in [-0.05, 0) is 23.3 Å². The van der Waals surface area contributed by atoms with Gasteiger partial charge in [-0.25, -0.2) is 4.39 Å². The average molecular weight is 204 g/mol. The van der Waals surface area contributed by atoms with Gasteiger partial charge in [0.15, 0.2) is 11.6 Å². The highest BCUT2D eigenvalue weighted by molar-refractivity contribution is 5.85. The van der Waals surface area contributed by atoms with E-state index in [1.165, 1.54) is 13.2 Å². The van der Waals surface area contributed by atoms with E-state index in [1.807, 2.05) is 0 Å².